The molecule has 102 valence electrons. The van der Waals surface area contributed by atoms with Crippen LogP contribution in [0.4, 0.5) is 0 Å². The summed E-state index contributed by atoms with van der Waals surface area (Å²) in [6, 6.07) is 9.67. The third-order valence-electron chi connectivity index (χ3n) is 2.80. The Bertz CT molecular complexity index is 675. The number of nitrogens with zero attached hydrogens (tertiary/aromatic N) is 4. The van der Waals surface area contributed by atoms with Gasteiger partial charge in [0.05, 0.1) is 12.4 Å². The molecule has 0 fully saturated rings. The zero-order valence-corrected chi connectivity index (χ0v) is 11.1. The Morgan fingerprint density at radius 3 is 2.85 bits per heavy atom. The second kappa shape index (κ2) is 5.56. The highest BCUT2D eigenvalue weighted by atomic mass is 16.5. The topological polar surface area (TPSA) is 66.0 Å². The van der Waals surface area contributed by atoms with E-state index in [9.17, 15) is 0 Å². The van der Waals surface area contributed by atoms with Crippen LogP contribution in [0.1, 0.15) is 12.8 Å². The molecule has 0 radical (unpaired) electrons. The molecule has 1 aromatic carbocycles. The first kappa shape index (κ1) is 12.4. The first-order valence-corrected chi connectivity index (χ1v) is 6.38. The van der Waals surface area contributed by atoms with E-state index in [0.29, 0.717) is 17.5 Å². The number of aryl methyl sites for hydroxylation is 1. The van der Waals surface area contributed by atoms with Crippen LogP contribution in [0.25, 0.3) is 11.4 Å². The van der Waals surface area contributed by atoms with Gasteiger partial charge in [-0.2, -0.15) is 10.1 Å². The van der Waals surface area contributed by atoms with Crippen molar-refractivity contribution in [2.75, 3.05) is 0 Å². The molecule has 0 spiro atoms. The van der Waals surface area contributed by atoms with Crippen LogP contribution in [0.5, 0.6) is 5.75 Å². The molecule has 0 amide bonds. The highest BCUT2D eigenvalue weighted by Crippen LogP contribution is 2.16. The third kappa shape index (κ3) is 2.69. The van der Waals surface area contributed by atoms with Gasteiger partial charge in [0.15, 0.2) is 12.4 Å². The summed E-state index contributed by atoms with van der Waals surface area (Å²) in [6.45, 7) is 3.05. The molecule has 2 aromatic heterocycles. The summed E-state index contributed by atoms with van der Waals surface area (Å²) in [7, 11) is 0. The lowest BCUT2D eigenvalue weighted by molar-refractivity contribution is 0.242. The summed E-state index contributed by atoms with van der Waals surface area (Å²) in [5, 5.41) is 8.06. The lowest BCUT2D eigenvalue weighted by Crippen LogP contribution is -1.95. The third-order valence-corrected chi connectivity index (χ3v) is 2.80. The first-order valence-electron chi connectivity index (χ1n) is 6.38. The second-order valence-electron chi connectivity index (χ2n) is 4.20. The zero-order chi connectivity index (χ0) is 13.8. The molecule has 0 unspecified atom stereocenters. The maximum absolute atomic E-state index is 5.54. The van der Waals surface area contributed by atoms with Crippen molar-refractivity contribution in [3.8, 4) is 17.1 Å². The van der Waals surface area contributed by atoms with Crippen LogP contribution in [0.2, 0.25) is 0 Å². The average Bonchev–Trinajstić information content (AvgIpc) is 3.15. The largest absolute Gasteiger partial charge is 0.480 e. The van der Waals surface area contributed by atoms with Gasteiger partial charge in [0.25, 0.3) is 5.89 Å². The number of benzene rings is 1. The van der Waals surface area contributed by atoms with Crippen LogP contribution >= 0.6 is 0 Å². The Kier molecular flexibility index (Phi) is 3.45. The van der Waals surface area contributed by atoms with Crippen molar-refractivity contribution in [1.29, 1.82) is 0 Å². The van der Waals surface area contributed by atoms with Crippen molar-refractivity contribution in [2.45, 2.75) is 20.1 Å². The molecule has 0 saturated heterocycles. The zero-order valence-electron chi connectivity index (χ0n) is 11.1. The Hall–Kier alpha value is -2.63. The molecular formula is C14H14N4O2. The predicted octanol–water partition coefficient (Wildman–Crippen LogP) is 2.53. The summed E-state index contributed by atoms with van der Waals surface area (Å²) in [6.07, 6.45) is 3.49. The summed E-state index contributed by atoms with van der Waals surface area (Å²) in [5.74, 6) is 1.69. The minimum atomic E-state index is 0.231. The molecule has 6 nitrogen and oxygen atoms in total. The molecule has 3 rings (SSSR count). The molecule has 0 aliphatic rings. The number of aromatic nitrogens is 4. The van der Waals surface area contributed by atoms with E-state index < -0.39 is 0 Å². The molecule has 20 heavy (non-hydrogen) atoms. The fourth-order valence-electron chi connectivity index (χ4n) is 1.76. The molecule has 3 aromatic rings. The van der Waals surface area contributed by atoms with E-state index in [4.69, 9.17) is 9.26 Å². The molecular weight excluding hydrogens is 256 g/mol. The molecule has 0 aliphatic carbocycles. The van der Waals surface area contributed by atoms with Crippen molar-refractivity contribution in [1.82, 2.24) is 19.9 Å². The van der Waals surface area contributed by atoms with E-state index in [1.54, 1.807) is 10.9 Å². The molecule has 0 saturated carbocycles. The lowest BCUT2D eigenvalue weighted by atomic mass is 10.2. The van der Waals surface area contributed by atoms with Gasteiger partial charge < -0.3 is 9.26 Å². The number of hydrogen-bond acceptors (Lipinski definition) is 5. The Balaban J connectivity index is 1.65. The summed E-state index contributed by atoms with van der Waals surface area (Å²) in [4.78, 5) is 4.29. The van der Waals surface area contributed by atoms with Gasteiger partial charge in [0, 0.05) is 12.1 Å². The maximum Gasteiger partial charge on any atom is 0.264 e. The summed E-state index contributed by atoms with van der Waals surface area (Å²) < 4.78 is 12.5. The molecule has 0 aliphatic heterocycles. The number of ether oxygens (including phenoxy) is 1. The van der Waals surface area contributed by atoms with Crippen molar-refractivity contribution in [2.24, 2.45) is 0 Å². The van der Waals surface area contributed by atoms with E-state index >= 15 is 0 Å². The second-order valence-corrected chi connectivity index (χ2v) is 4.20. The lowest BCUT2D eigenvalue weighted by Gasteiger charge is -1.97. The fourth-order valence-corrected chi connectivity index (χ4v) is 1.76. The Labute approximate surface area is 116 Å². The van der Waals surface area contributed by atoms with Crippen LogP contribution in [-0.4, -0.2) is 19.9 Å². The highest BCUT2D eigenvalue weighted by Gasteiger charge is 2.09. The van der Waals surface area contributed by atoms with E-state index in [0.717, 1.165) is 12.1 Å². The number of rotatable bonds is 5. The molecule has 0 atom stereocenters. The standard InChI is InChI=1S/C14H14N4O2/c1-2-18-9-12(8-15-18)19-10-13-16-14(17-20-13)11-6-4-3-5-7-11/h3-9H,2,10H2,1H3. The summed E-state index contributed by atoms with van der Waals surface area (Å²) >= 11 is 0. The predicted molar refractivity (Wildman–Crippen MR) is 72.0 cm³/mol. The van der Waals surface area contributed by atoms with Crippen molar-refractivity contribution < 1.29 is 9.26 Å². The SMILES string of the molecule is CCn1cc(OCc2nc(-c3ccccc3)no2)cn1. The van der Waals surface area contributed by atoms with Gasteiger partial charge >= 0.3 is 0 Å². The maximum atomic E-state index is 5.54. The van der Waals surface area contributed by atoms with Crippen LogP contribution in [0.15, 0.2) is 47.2 Å². The van der Waals surface area contributed by atoms with Crippen LogP contribution in [-0.2, 0) is 13.2 Å². The van der Waals surface area contributed by atoms with Crippen molar-refractivity contribution in [3.05, 3.63) is 48.6 Å². The molecule has 6 heteroatoms. The molecule has 2 heterocycles. The van der Waals surface area contributed by atoms with E-state index in [-0.39, 0.29) is 6.61 Å². The Morgan fingerprint density at radius 1 is 1.25 bits per heavy atom. The van der Waals surface area contributed by atoms with Gasteiger partial charge in [0.2, 0.25) is 5.82 Å². The minimum Gasteiger partial charge on any atom is -0.480 e. The molecule has 0 N–H and O–H groups in total. The highest BCUT2D eigenvalue weighted by molar-refractivity contribution is 5.53. The van der Waals surface area contributed by atoms with Gasteiger partial charge in [-0.05, 0) is 6.92 Å². The minimum absolute atomic E-state index is 0.231. The van der Waals surface area contributed by atoms with E-state index in [1.807, 2.05) is 43.5 Å². The van der Waals surface area contributed by atoms with Gasteiger partial charge in [-0.15, -0.1) is 0 Å². The van der Waals surface area contributed by atoms with Crippen LogP contribution in [0, 0.1) is 0 Å². The van der Waals surface area contributed by atoms with Crippen LogP contribution < -0.4 is 4.74 Å². The normalized spacial score (nSPS) is 10.7. The van der Waals surface area contributed by atoms with Gasteiger partial charge in [0.1, 0.15) is 0 Å². The number of hydrogen-bond donors (Lipinski definition) is 0. The smallest absolute Gasteiger partial charge is 0.264 e. The molecule has 0 bridgehead atoms. The fraction of sp³-hybridized carbons (Fsp3) is 0.214. The van der Waals surface area contributed by atoms with Crippen molar-refractivity contribution in [3.63, 3.8) is 0 Å². The van der Waals surface area contributed by atoms with Crippen LogP contribution in [0.3, 0.4) is 0 Å². The van der Waals surface area contributed by atoms with Gasteiger partial charge in [-0.1, -0.05) is 35.5 Å². The average molecular weight is 270 g/mol. The quantitative estimate of drug-likeness (QED) is 0.712. The summed E-state index contributed by atoms with van der Waals surface area (Å²) in [5.41, 5.74) is 0.918. The van der Waals surface area contributed by atoms with Crippen molar-refractivity contribution >= 4 is 0 Å². The van der Waals surface area contributed by atoms with Gasteiger partial charge in [-0.3, -0.25) is 4.68 Å². The van der Waals surface area contributed by atoms with Gasteiger partial charge in [-0.25, -0.2) is 0 Å². The van der Waals surface area contributed by atoms with E-state index in [2.05, 4.69) is 15.2 Å². The monoisotopic (exact) mass is 270 g/mol. The first-order chi connectivity index (χ1) is 9.85. The van der Waals surface area contributed by atoms with E-state index in [1.165, 1.54) is 0 Å². The Morgan fingerprint density at radius 2 is 2.10 bits per heavy atom.